The average molecular weight is 347 g/mol. The number of amides is 2. The topological polar surface area (TPSA) is 79.3 Å². The second-order valence-electron chi connectivity index (χ2n) is 7.48. The molecule has 1 aromatic heterocycles. The number of likely N-dealkylation sites (N-methyl/N-ethyl adjacent to an activating group) is 1. The number of carbonyl (C=O) groups is 2. The molecule has 2 heterocycles. The van der Waals surface area contributed by atoms with Crippen LogP contribution in [0.5, 0.6) is 0 Å². The second kappa shape index (κ2) is 7.15. The molecule has 1 aliphatic heterocycles. The van der Waals surface area contributed by atoms with Gasteiger partial charge in [0.2, 0.25) is 11.8 Å². The van der Waals surface area contributed by atoms with Gasteiger partial charge < -0.3 is 10.6 Å². The Morgan fingerprint density at radius 2 is 2.08 bits per heavy atom. The third-order valence-corrected chi connectivity index (χ3v) is 5.79. The fourth-order valence-electron chi connectivity index (χ4n) is 4.32. The molecule has 0 radical (unpaired) electrons. The molecule has 3 atom stereocenters. The molecule has 2 N–H and O–H groups in total. The van der Waals surface area contributed by atoms with Crippen molar-refractivity contribution in [3.63, 3.8) is 0 Å². The van der Waals surface area contributed by atoms with Crippen LogP contribution in [0.3, 0.4) is 0 Å². The van der Waals surface area contributed by atoms with Crippen LogP contribution in [0.15, 0.2) is 0 Å². The quantitative estimate of drug-likeness (QED) is 0.842. The Kier molecular flexibility index (Phi) is 5.13. The van der Waals surface area contributed by atoms with Crippen LogP contribution in [0.4, 0.5) is 5.69 Å². The summed E-state index contributed by atoms with van der Waals surface area (Å²) >= 11 is 0. The third kappa shape index (κ3) is 3.71. The summed E-state index contributed by atoms with van der Waals surface area (Å²) in [6.45, 7) is 7.88. The second-order valence-corrected chi connectivity index (χ2v) is 7.48. The van der Waals surface area contributed by atoms with Crippen LogP contribution in [-0.4, -0.2) is 52.7 Å². The van der Waals surface area contributed by atoms with Crippen LogP contribution in [0.2, 0.25) is 0 Å². The van der Waals surface area contributed by atoms with Gasteiger partial charge in [-0.1, -0.05) is 0 Å². The smallest absolute Gasteiger partial charge is 0.238 e. The first-order valence-corrected chi connectivity index (χ1v) is 9.19. The van der Waals surface area contributed by atoms with E-state index >= 15 is 0 Å². The van der Waals surface area contributed by atoms with E-state index in [0.717, 1.165) is 43.0 Å². The van der Waals surface area contributed by atoms with Gasteiger partial charge in [-0.25, -0.2) is 0 Å². The summed E-state index contributed by atoms with van der Waals surface area (Å²) in [5.41, 5.74) is 2.68. The molecule has 1 saturated carbocycles. The van der Waals surface area contributed by atoms with E-state index in [1.54, 1.807) is 0 Å². The summed E-state index contributed by atoms with van der Waals surface area (Å²) in [7, 11) is 2.01. The van der Waals surface area contributed by atoms with E-state index in [0.29, 0.717) is 30.8 Å². The van der Waals surface area contributed by atoms with Crippen molar-refractivity contribution in [2.45, 2.75) is 52.6 Å². The van der Waals surface area contributed by atoms with E-state index in [-0.39, 0.29) is 11.8 Å². The van der Waals surface area contributed by atoms with E-state index in [9.17, 15) is 9.59 Å². The molecule has 1 aliphatic carbocycles. The summed E-state index contributed by atoms with van der Waals surface area (Å²) in [6.07, 6.45) is 2.70. The van der Waals surface area contributed by atoms with Gasteiger partial charge in [-0.05, 0) is 52.5 Å². The van der Waals surface area contributed by atoms with Crippen molar-refractivity contribution in [3.8, 4) is 0 Å². The number of anilines is 1. The number of aryl methyl sites for hydroxylation is 2. The van der Waals surface area contributed by atoms with Crippen LogP contribution >= 0.6 is 0 Å². The zero-order valence-corrected chi connectivity index (χ0v) is 15.6. The Bertz CT molecular complexity index is 669. The SMILES string of the molecule is CCn1nc(C)c(NC(=O)CN(C)[C@H]2C[C@H]3CNC(=O)C[C@H]3C2)c1C. The van der Waals surface area contributed by atoms with Crippen molar-refractivity contribution >= 4 is 17.5 Å². The maximum Gasteiger partial charge on any atom is 0.238 e. The molecule has 2 amide bonds. The van der Waals surface area contributed by atoms with Gasteiger partial charge in [-0.15, -0.1) is 0 Å². The fourth-order valence-corrected chi connectivity index (χ4v) is 4.32. The van der Waals surface area contributed by atoms with Gasteiger partial charge in [-0.2, -0.15) is 5.10 Å². The fraction of sp³-hybridized carbons (Fsp3) is 0.722. The number of aromatic nitrogens is 2. The van der Waals surface area contributed by atoms with Crippen LogP contribution in [0.25, 0.3) is 0 Å². The first-order chi connectivity index (χ1) is 11.9. The van der Waals surface area contributed by atoms with Crippen molar-refractivity contribution < 1.29 is 9.59 Å². The summed E-state index contributed by atoms with van der Waals surface area (Å²) in [4.78, 5) is 26.2. The van der Waals surface area contributed by atoms with Gasteiger partial charge >= 0.3 is 0 Å². The van der Waals surface area contributed by atoms with E-state index in [1.165, 1.54) is 0 Å². The van der Waals surface area contributed by atoms with Crippen molar-refractivity contribution in [1.29, 1.82) is 0 Å². The number of hydrogen-bond donors (Lipinski definition) is 2. The number of hydrogen-bond acceptors (Lipinski definition) is 4. The molecule has 1 saturated heterocycles. The first-order valence-electron chi connectivity index (χ1n) is 9.19. The van der Waals surface area contributed by atoms with E-state index in [2.05, 4.69) is 20.6 Å². The molecule has 0 bridgehead atoms. The molecule has 3 rings (SSSR count). The minimum Gasteiger partial charge on any atom is -0.356 e. The van der Waals surface area contributed by atoms with Crippen LogP contribution in [-0.2, 0) is 16.1 Å². The lowest BCUT2D eigenvalue weighted by atomic mass is 9.89. The van der Waals surface area contributed by atoms with Crippen molar-refractivity contribution in [2.75, 3.05) is 25.5 Å². The Morgan fingerprint density at radius 1 is 1.36 bits per heavy atom. The zero-order chi connectivity index (χ0) is 18.1. The van der Waals surface area contributed by atoms with Crippen LogP contribution in [0.1, 0.15) is 37.6 Å². The zero-order valence-electron chi connectivity index (χ0n) is 15.6. The lowest BCUT2D eigenvalue weighted by Crippen LogP contribution is -2.38. The highest BCUT2D eigenvalue weighted by atomic mass is 16.2. The maximum atomic E-state index is 12.5. The summed E-state index contributed by atoms with van der Waals surface area (Å²) in [5, 5.41) is 10.4. The summed E-state index contributed by atoms with van der Waals surface area (Å²) < 4.78 is 1.90. The summed E-state index contributed by atoms with van der Waals surface area (Å²) in [6, 6.07) is 0.369. The number of nitrogens with one attached hydrogen (secondary N) is 2. The molecule has 25 heavy (non-hydrogen) atoms. The molecule has 1 aromatic rings. The highest BCUT2D eigenvalue weighted by Gasteiger charge is 2.39. The van der Waals surface area contributed by atoms with Gasteiger partial charge in [0.25, 0.3) is 0 Å². The largest absolute Gasteiger partial charge is 0.356 e. The molecular weight excluding hydrogens is 318 g/mol. The number of fused-ring (bicyclic) bond motifs is 1. The molecule has 7 heteroatoms. The maximum absolute atomic E-state index is 12.5. The number of rotatable bonds is 5. The minimum absolute atomic E-state index is 0.00609. The van der Waals surface area contributed by atoms with Gasteiger partial charge in [0.15, 0.2) is 0 Å². The highest BCUT2D eigenvalue weighted by molar-refractivity contribution is 5.93. The monoisotopic (exact) mass is 347 g/mol. The third-order valence-electron chi connectivity index (χ3n) is 5.79. The average Bonchev–Trinajstić information content (AvgIpc) is 3.10. The highest BCUT2D eigenvalue weighted by Crippen LogP contribution is 2.38. The molecule has 0 spiro atoms. The van der Waals surface area contributed by atoms with E-state index in [1.807, 2.05) is 32.5 Å². The van der Waals surface area contributed by atoms with Gasteiger partial charge in [0.05, 0.1) is 23.6 Å². The standard InChI is InChI=1S/C18H29N5O2/c1-5-23-12(3)18(11(2)21-23)20-17(25)10-22(4)15-6-13-8-16(24)19-9-14(13)7-15/h13-15H,5-10H2,1-4H3,(H,19,24)(H,20,25)/t13-,14+,15-/m1/s1. The normalized spacial score (nSPS) is 25.8. The Labute approximate surface area is 149 Å². The first kappa shape index (κ1) is 17.9. The summed E-state index contributed by atoms with van der Waals surface area (Å²) in [5.74, 6) is 1.19. The molecular formula is C18H29N5O2. The molecule has 2 aliphatic rings. The number of piperidine rings is 1. The van der Waals surface area contributed by atoms with E-state index in [4.69, 9.17) is 0 Å². The number of nitrogens with zero attached hydrogens (tertiary/aromatic N) is 3. The molecule has 138 valence electrons. The van der Waals surface area contributed by atoms with E-state index < -0.39 is 0 Å². The molecule has 2 fully saturated rings. The lowest BCUT2D eigenvalue weighted by molar-refractivity contribution is -0.124. The Hall–Kier alpha value is -1.89. The van der Waals surface area contributed by atoms with Crippen LogP contribution in [0, 0.1) is 25.7 Å². The predicted octanol–water partition coefficient (Wildman–Crippen LogP) is 1.30. The van der Waals surface area contributed by atoms with Crippen molar-refractivity contribution in [2.24, 2.45) is 11.8 Å². The van der Waals surface area contributed by atoms with Gasteiger partial charge in [0.1, 0.15) is 0 Å². The van der Waals surface area contributed by atoms with Crippen molar-refractivity contribution in [3.05, 3.63) is 11.4 Å². The lowest BCUT2D eigenvalue weighted by Gasteiger charge is -2.24. The van der Waals surface area contributed by atoms with Gasteiger partial charge in [0, 0.05) is 25.6 Å². The predicted molar refractivity (Wildman–Crippen MR) is 96.3 cm³/mol. The Balaban J connectivity index is 1.56. The molecule has 0 unspecified atom stereocenters. The molecule has 0 aromatic carbocycles. The minimum atomic E-state index is -0.00609. The molecule has 7 nitrogen and oxygen atoms in total. The van der Waals surface area contributed by atoms with Crippen LogP contribution < -0.4 is 10.6 Å². The van der Waals surface area contributed by atoms with Crippen molar-refractivity contribution in [1.82, 2.24) is 20.0 Å². The van der Waals surface area contributed by atoms with Gasteiger partial charge in [-0.3, -0.25) is 19.2 Å². The Morgan fingerprint density at radius 3 is 2.76 bits per heavy atom. The number of carbonyl (C=O) groups excluding carboxylic acids is 2.